The van der Waals surface area contributed by atoms with Crippen molar-refractivity contribution in [2.45, 2.75) is 6.42 Å². The molecule has 3 nitrogen and oxygen atoms in total. The van der Waals surface area contributed by atoms with Gasteiger partial charge in [0, 0.05) is 6.42 Å². The van der Waals surface area contributed by atoms with E-state index in [9.17, 15) is 4.79 Å². The van der Waals surface area contributed by atoms with Crippen molar-refractivity contribution < 1.29 is 9.53 Å². The molecule has 0 aliphatic rings. The first-order valence-corrected chi connectivity index (χ1v) is 5.98. The Labute approximate surface area is 112 Å². The highest BCUT2D eigenvalue weighted by atomic mass is 16.5. The van der Waals surface area contributed by atoms with Gasteiger partial charge in [0.15, 0.2) is 5.69 Å². The molecule has 2 aromatic rings. The molecule has 0 N–H and O–H groups in total. The summed E-state index contributed by atoms with van der Waals surface area (Å²) < 4.78 is 5.40. The molecule has 0 unspecified atom stereocenters. The smallest absolute Gasteiger partial charge is 0.187 e. The van der Waals surface area contributed by atoms with E-state index >= 15 is 0 Å². The van der Waals surface area contributed by atoms with Gasteiger partial charge in [-0.3, -0.25) is 0 Å². The lowest BCUT2D eigenvalue weighted by Crippen LogP contribution is -1.97. The third-order valence-corrected chi connectivity index (χ3v) is 2.69. The molecule has 0 aliphatic heterocycles. The summed E-state index contributed by atoms with van der Waals surface area (Å²) in [4.78, 5) is 13.5. The van der Waals surface area contributed by atoms with Crippen LogP contribution in [0.1, 0.15) is 6.42 Å². The predicted octanol–water partition coefficient (Wildman–Crippen LogP) is 3.87. The van der Waals surface area contributed by atoms with E-state index in [-0.39, 0.29) is 0 Å². The average molecular weight is 251 g/mol. The summed E-state index contributed by atoms with van der Waals surface area (Å²) in [5.41, 5.74) is 2.77. The lowest BCUT2D eigenvalue weighted by molar-refractivity contribution is -0.108. The summed E-state index contributed by atoms with van der Waals surface area (Å²) >= 11 is 0. The van der Waals surface area contributed by atoms with Crippen molar-refractivity contribution in [1.82, 2.24) is 0 Å². The van der Waals surface area contributed by atoms with E-state index in [0.717, 1.165) is 23.2 Å². The SMILES string of the molecule is [C-]#[N+]c1ccc(-c2ccc(OCCC=O)cc2)cc1. The number of ether oxygens (including phenoxy) is 1. The third-order valence-electron chi connectivity index (χ3n) is 2.69. The van der Waals surface area contributed by atoms with E-state index in [1.165, 1.54) is 0 Å². The predicted molar refractivity (Wildman–Crippen MR) is 74.3 cm³/mol. The van der Waals surface area contributed by atoms with Gasteiger partial charge < -0.3 is 9.53 Å². The number of aldehydes is 1. The summed E-state index contributed by atoms with van der Waals surface area (Å²) in [5.74, 6) is 0.753. The molecular formula is C16H13NO2. The van der Waals surface area contributed by atoms with E-state index in [4.69, 9.17) is 11.3 Å². The van der Waals surface area contributed by atoms with Crippen LogP contribution in [0, 0.1) is 6.57 Å². The quantitative estimate of drug-likeness (QED) is 0.459. The van der Waals surface area contributed by atoms with E-state index < -0.39 is 0 Å². The highest BCUT2D eigenvalue weighted by molar-refractivity contribution is 5.66. The van der Waals surface area contributed by atoms with Gasteiger partial charge in [0.05, 0.1) is 13.2 Å². The second-order valence-corrected chi connectivity index (χ2v) is 3.99. The topological polar surface area (TPSA) is 30.7 Å². The van der Waals surface area contributed by atoms with Gasteiger partial charge in [0.25, 0.3) is 0 Å². The molecule has 0 heterocycles. The largest absolute Gasteiger partial charge is 0.493 e. The fourth-order valence-corrected chi connectivity index (χ4v) is 1.70. The molecule has 0 aliphatic carbocycles. The van der Waals surface area contributed by atoms with E-state index in [1.807, 2.05) is 36.4 Å². The number of rotatable bonds is 5. The zero-order valence-corrected chi connectivity index (χ0v) is 10.4. The first kappa shape index (κ1) is 12.8. The van der Waals surface area contributed by atoms with Crippen LogP contribution in [-0.4, -0.2) is 12.9 Å². The van der Waals surface area contributed by atoms with Crippen molar-refractivity contribution in [3.05, 3.63) is 59.9 Å². The van der Waals surface area contributed by atoms with Gasteiger partial charge in [-0.25, -0.2) is 4.85 Å². The number of benzene rings is 2. The number of carbonyl (C=O) groups excluding carboxylic acids is 1. The first-order chi connectivity index (χ1) is 9.33. The monoisotopic (exact) mass is 251 g/mol. The van der Waals surface area contributed by atoms with Crippen molar-refractivity contribution in [1.29, 1.82) is 0 Å². The second kappa shape index (κ2) is 6.36. The number of hydrogen-bond donors (Lipinski definition) is 0. The van der Waals surface area contributed by atoms with Crippen LogP contribution in [0.25, 0.3) is 16.0 Å². The highest BCUT2D eigenvalue weighted by Gasteiger charge is 1.99. The van der Waals surface area contributed by atoms with Crippen LogP contribution >= 0.6 is 0 Å². The zero-order chi connectivity index (χ0) is 13.5. The number of hydrogen-bond acceptors (Lipinski definition) is 2. The molecular weight excluding hydrogens is 238 g/mol. The summed E-state index contributed by atoms with van der Waals surface area (Å²) in [6.45, 7) is 7.32. The fourth-order valence-electron chi connectivity index (χ4n) is 1.70. The normalized spacial score (nSPS) is 9.63. The number of nitrogens with zero attached hydrogens (tertiary/aromatic N) is 1. The van der Waals surface area contributed by atoms with Gasteiger partial charge in [0.1, 0.15) is 12.0 Å². The second-order valence-electron chi connectivity index (χ2n) is 3.99. The average Bonchev–Trinajstić information content (AvgIpc) is 2.48. The van der Waals surface area contributed by atoms with Crippen molar-refractivity contribution in [3.63, 3.8) is 0 Å². The van der Waals surface area contributed by atoms with Crippen LogP contribution in [0.3, 0.4) is 0 Å². The minimum atomic E-state index is 0.403. The maximum atomic E-state index is 10.2. The molecule has 19 heavy (non-hydrogen) atoms. The fraction of sp³-hybridized carbons (Fsp3) is 0.125. The molecule has 0 saturated heterocycles. The summed E-state index contributed by atoms with van der Waals surface area (Å²) in [6.07, 6.45) is 1.24. The molecule has 0 bridgehead atoms. The lowest BCUT2D eigenvalue weighted by atomic mass is 10.1. The molecule has 94 valence electrons. The van der Waals surface area contributed by atoms with Gasteiger partial charge >= 0.3 is 0 Å². The minimum absolute atomic E-state index is 0.403. The van der Waals surface area contributed by atoms with Gasteiger partial charge in [-0.2, -0.15) is 0 Å². The van der Waals surface area contributed by atoms with Crippen LogP contribution in [0.2, 0.25) is 0 Å². The number of carbonyl (C=O) groups is 1. The molecule has 0 saturated carbocycles. The molecule has 2 rings (SSSR count). The molecule has 0 fully saturated rings. The minimum Gasteiger partial charge on any atom is -0.493 e. The summed E-state index contributed by atoms with van der Waals surface area (Å²) in [7, 11) is 0. The Kier molecular flexibility index (Phi) is 4.30. The van der Waals surface area contributed by atoms with Gasteiger partial charge in [0.2, 0.25) is 0 Å². The lowest BCUT2D eigenvalue weighted by Gasteiger charge is -2.06. The van der Waals surface area contributed by atoms with Gasteiger partial charge in [-0.15, -0.1) is 0 Å². The molecule has 0 atom stereocenters. The zero-order valence-electron chi connectivity index (χ0n) is 10.4. The molecule has 0 amide bonds. The Hall–Kier alpha value is -2.60. The van der Waals surface area contributed by atoms with Crippen molar-refractivity contribution in [3.8, 4) is 16.9 Å². The van der Waals surface area contributed by atoms with Gasteiger partial charge in [-0.1, -0.05) is 36.4 Å². The molecule has 3 heteroatoms. The Morgan fingerprint density at radius 1 is 1.00 bits per heavy atom. The van der Waals surface area contributed by atoms with Crippen LogP contribution in [0.15, 0.2) is 48.5 Å². The highest BCUT2D eigenvalue weighted by Crippen LogP contribution is 2.24. The van der Waals surface area contributed by atoms with Crippen molar-refractivity contribution in [2.24, 2.45) is 0 Å². The maximum absolute atomic E-state index is 10.2. The Morgan fingerprint density at radius 3 is 2.11 bits per heavy atom. The van der Waals surface area contributed by atoms with E-state index in [1.54, 1.807) is 12.1 Å². The van der Waals surface area contributed by atoms with Gasteiger partial charge in [-0.05, 0) is 23.3 Å². The van der Waals surface area contributed by atoms with Crippen molar-refractivity contribution in [2.75, 3.05) is 6.61 Å². The van der Waals surface area contributed by atoms with Crippen LogP contribution < -0.4 is 4.74 Å². The Morgan fingerprint density at radius 2 is 1.58 bits per heavy atom. The maximum Gasteiger partial charge on any atom is 0.187 e. The summed E-state index contributed by atoms with van der Waals surface area (Å²) in [6, 6.07) is 15.1. The van der Waals surface area contributed by atoms with E-state index in [2.05, 4.69) is 4.85 Å². The van der Waals surface area contributed by atoms with E-state index in [0.29, 0.717) is 18.7 Å². The molecule has 0 radical (unpaired) electrons. The third kappa shape index (κ3) is 3.43. The standard InChI is InChI=1S/C16H13NO2/c1-17-15-7-3-13(4-8-15)14-5-9-16(10-6-14)19-12-2-11-18/h3-11H,2,12H2. The molecule has 2 aromatic carbocycles. The van der Waals surface area contributed by atoms with Crippen LogP contribution in [0.4, 0.5) is 5.69 Å². The molecule has 0 spiro atoms. The Balaban J connectivity index is 2.08. The summed E-state index contributed by atoms with van der Waals surface area (Å²) in [5, 5.41) is 0. The first-order valence-electron chi connectivity index (χ1n) is 5.98. The van der Waals surface area contributed by atoms with Crippen LogP contribution in [0.5, 0.6) is 5.75 Å². The Bertz CT molecular complexity index is 580. The van der Waals surface area contributed by atoms with Crippen molar-refractivity contribution >= 4 is 12.0 Å². The van der Waals surface area contributed by atoms with Crippen LogP contribution in [-0.2, 0) is 4.79 Å². The molecule has 0 aromatic heterocycles.